The van der Waals surface area contributed by atoms with Crippen molar-refractivity contribution in [2.75, 3.05) is 26.7 Å². The van der Waals surface area contributed by atoms with Crippen LogP contribution in [0.2, 0.25) is 0 Å². The van der Waals surface area contributed by atoms with E-state index in [1.165, 1.54) is 0 Å². The summed E-state index contributed by atoms with van der Waals surface area (Å²) < 4.78 is 0. The molecular formula is C14H24N2O3. The number of hydrogen-bond donors (Lipinski definition) is 1. The number of carboxylic acid groups (broad SMARTS) is 1. The van der Waals surface area contributed by atoms with Crippen molar-refractivity contribution in [2.24, 2.45) is 5.41 Å². The van der Waals surface area contributed by atoms with Gasteiger partial charge in [0.2, 0.25) is 0 Å². The molecule has 1 aliphatic rings. The molecule has 1 atom stereocenters. The number of carboxylic acids is 1. The maximum Gasteiger partial charge on any atom is 0.319 e. The lowest BCUT2D eigenvalue weighted by molar-refractivity contribution is -0.148. The van der Waals surface area contributed by atoms with E-state index in [0.717, 1.165) is 12.8 Å². The van der Waals surface area contributed by atoms with E-state index in [9.17, 15) is 14.7 Å². The van der Waals surface area contributed by atoms with Gasteiger partial charge in [-0.25, -0.2) is 4.79 Å². The fourth-order valence-corrected chi connectivity index (χ4v) is 2.46. The number of hydrogen-bond acceptors (Lipinski definition) is 2. The van der Waals surface area contributed by atoms with Crippen LogP contribution in [0.5, 0.6) is 0 Å². The topological polar surface area (TPSA) is 60.9 Å². The first-order valence-corrected chi connectivity index (χ1v) is 6.81. The Morgan fingerprint density at radius 3 is 2.68 bits per heavy atom. The van der Waals surface area contributed by atoms with Crippen LogP contribution in [0.3, 0.4) is 0 Å². The van der Waals surface area contributed by atoms with Gasteiger partial charge in [0.1, 0.15) is 0 Å². The summed E-state index contributed by atoms with van der Waals surface area (Å²) in [5.41, 5.74) is -0.752. The van der Waals surface area contributed by atoms with Gasteiger partial charge in [0.25, 0.3) is 0 Å². The molecule has 19 heavy (non-hydrogen) atoms. The largest absolute Gasteiger partial charge is 0.481 e. The van der Waals surface area contributed by atoms with Gasteiger partial charge in [-0.2, -0.15) is 0 Å². The molecule has 0 aromatic rings. The van der Waals surface area contributed by atoms with Crippen molar-refractivity contribution in [3.05, 3.63) is 12.7 Å². The SMILES string of the molecule is C=CCCCN(C)C(=O)N1CCC(CC)(C(=O)O)C1. The summed E-state index contributed by atoms with van der Waals surface area (Å²) in [6.45, 7) is 7.05. The molecular weight excluding hydrogens is 244 g/mol. The molecule has 1 rings (SSSR count). The highest BCUT2D eigenvalue weighted by Gasteiger charge is 2.45. The van der Waals surface area contributed by atoms with Crippen LogP contribution in [-0.4, -0.2) is 53.6 Å². The van der Waals surface area contributed by atoms with Crippen molar-refractivity contribution in [1.82, 2.24) is 9.80 Å². The Hall–Kier alpha value is -1.52. The van der Waals surface area contributed by atoms with Gasteiger partial charge in [-0.1, -0.05) is 13.0 Å². The lowest BCUT2D eigenvalue weighted by Crippen LogP contribution is -2.42. The van der Waals surface area contributed by atoms with Gasteiger partial charge in [0.15, 0.2) is 0 Å². The average molecular weight is 268 g/mol. The van der Waals surface area contributed by atoms with Crippen LogP contribution in [-0.2, 0) is 4.79 Å². The Bertz CT molecular complexity index is 357. The minimum absolute atomic E-state index is 0.0689. The van der Waals surface area contributed by atoms with Gasteiger partial charge in [-0.15, -0.1) is 6.58 Å². The minimum Gasteiger partial charge on any atom is -0.481 e. The Morgan fingerprint density at radius 1 is 1.53 bits per heavy atom. The number of urea groups is 1. The third-order valence-corrected chi connectivity index (χ3v) is 3.98. The average Bonchev–Trinajstić information content (AvgIpc) is 2.83. The standard InChI is InChI=1S/C14H24N2O3/c1-4-6-7-9-15(3)13(19)16-10-8-14(5-2,11-16)12(17)18/h4H,1,5-11H2,2-3H3,(H,17,18). The first kappa shape index (κ1) is 15.5. The number of allylic oxidation sites excluding steroid dienone is 1. The number of unbranched alkanes of at least 4 members (excludes halogenated alkanes) is 1. The zero-order chi connectivity index (χ0) is 14.5. The maximum absolute atomic E-state index is 12.2. The highest BCUT2D eigenvalue weighted by Crippen LogP contribution is 2.34. The molecule has 0 bridgehead atoms. The zero-order valence-electron chi connectivity index (χ0n) is 11.9. The van der Waals surface area contributed by atoms with Crippen molar-refractivity contribution in [3.63, 3.8) is 0 Å². The van der Waals surface area contributed by atoms with Gasteiger partial charge in [-0.05, 0) is 25.7 Å². The Balaban J connectivity index is 2.56. The predicted molar refractivity (Wildman–Crippen MR) is 74.0 cm³/mol. The van der Waals surface area contributed by atoms with Crippen LogP contribution in [0.4, 0.5) is 4.79 Å². The van der Waals surface area contributed by atoms with Gasteiger partial charge in [-0.3, -0.25) is 4.79 Å². The van der Waals surface area contributed by atoms with E-state index in [-0.39, 0.29) is 6.03 Å². The summed E-state index contributed by atoms with van der Waals surface area (Å²) in [4.78, 5) is 26.9. The van der Waals surface area contributed by atoms with Crippen molar-refractivity contribution in [1.29, 1.82) is 0 Å². The summed E-state index contributed by atoms with van der Waals surface area (Å²) in [5.74, 6) is -0.792. The van der Waals surface area contributed by atoms with Crippen LogP contribution in [0.1, 0.15) is 32.6 Å². The fourth-order valence-electron chi connectivity index (χ4n) is 2.46. The maximum atomic E-state index is 12.2. The van der Waals surface area contributed by atoms with E-state index >= 15 is 0 Å². The lowest BCUT2D eigenvalue weighted by Gasteiger charge is -2.27. The van der Waals surface area contributed by atoms with Gasteiger partial charge >= 0.3 is 12.0 Å². The predicted octanol–water partition coefficient (Wildman–Crippen LogP) is 2.19. The minimum atomic E-state index is -0.792. The number of carbonyl (C=O) groups excluding carboxylic acids is 1. The molecule has 1 fully saturated rings. The molecule has 1 unspecified atom stereocenters. The van der Waals surface area contributed by atoms with E-state index in [2.05, 4.69) is 6.58 Å². The number of aliphatic carboxylic acids is 1. The second-order valence-electron chi connectivity index (χ2n) is 5.25. The molecule has 1 heterocycles. The number of amides is 2. The van der Waals surface area contributed by atoms with E-state index in [1.807, 2.05) is 13.0 Å². The zero-order valence-corrected chi connectivity index (χ0v) is 11.9. The molecule has 0 saturated carbocycles. The normalized spacial score (nSPS) is 22.3. The monoisotopic (exact) mass is 268 g/mol. The molecule has 1 saturated heterocycles. The molecule has 0 aliphatic carbocycles. The number of rotatable bonds is 6. The number of nitrogens with zero attached hydrogens (tertiary/aromatic N) is 2. The molecule has 2 amide bonds. The summed E-state index contributed by atoms with van der Waals surface area (Å²) in [5, 5.41) is 9.31. The van der Waals surface area contributed by atoms with Gasteiger partial charge in [0, 0.05) is 26.7 Å². The smallest absolute Gasteiger partial charge is 0.319 e. The molecule has 5 heteroatoms. The van der Waals surface area contributed by atoms with E-state index in [4.69, 9.17) is 0 Å². The van der Waals surface area contributed by atoms with E-state index in [0.29, 0.717) is 32.5 Å². The van der Waals surface area contributed by atoms with E-state index < -0.39 is 11.4 Å². The third-order valence-electron chi connectivity index (χ3n) is 3.98. The summed E-state index contributed by atoms with van der Waals surface area (Å²) in [7, 11) is 1.76. The van der Waals surface area contributed by atoms with Crippen molar-refractivity contribution >= 4 is 12.0 Å². The molecule has 0 radical (unpaired) electrons. The summed E-state index contributed by atoms with van der Waals surface area (Å²) in [6.07, 6.45) is 4.71. The summed E-state index contributed by atoms with van der Waals surface area (Å²) in [6, 6.07) is -0.0689. The van der Waals surface area contributed by atoms with Gasteiger partial charge in [0.05, 0.1) is 5.41 Å². The lowest BCUT2D eigenvalue weighted by atomic mass is 9.84. The van der Waals surface area contributed by atoms with Crippen LogP contribution >= 0.6 is 0 Å². The first-order chi connectivity index (χ1) is 8.96. The molecule has 0 spiro atoms. The molecule has 5 nitrogen and oxygen atoms in total. The Kier molecular flexibility index (Phi) is 5.39. The molecule has 0 aromatic carbocycles. The summed E-state index contributed by atoms with van der Waals surface area (Å²) >= 11 is 0. The molecule has 1 N–H and O–H groups in total. The fraction of sp³-hybridized carbons (Fsp3) is 0.714. The van der Waals surface area contributed by atoms with Crippen LogP contribution in [0.25, 0.3) is 0 Å². The highest BCUT2D eigenvalue weighted by atomic mass is 16.4. The van der Waals surface area contributed by atoms with Gasteiger partial charge < -0.3 is 14.9 Å². The van der Waals surface area contributed by atoms with Crippen LogP contribution in [0.15, 0.2) is 12.7 Å². The third kappa shape index (κ3) is 3.49. The molecule has 0 aromatic heterocycles. The number of carbonyl (C=O) groups is 2. The first-order valence-electron chi connectivity index (χ1n) is 6.81. The Morgan fingerprint density at radius 2 is 2.21 bits per heavy atom. The molecule has 1 aliphatic heterocycles. The van der Waals surface area contributed by atoms with Crippen molar-refractivity contribution in [2.45, 2.75) is 32.6 Å². The quantitative estimate of drug-likeness (QED) is 0.593. The Labute approximate surface area is 114 Å². The van der Waals surface area contributed by atoms with E-state index in [1.54, 1.807) is 16.8 Å². The van der Waals surface area contributed by atoms with Crippen LogP contribution in [0, 0.1) is 5.41 Å². The molecule has 108 valence electrons. The second kappa shape index (κ2) is 6.59. The second-order valence-corrected chi connectivity index (χ2v) is 5.25. The van der Waals surface area contributed by atoms with Crippen molar-refractivity contribution < 1.29 is 14.7 Å². The van der Waals surface area contributed by atoms with Crippen LogP contribution < -0.4 is 0 Å². The van der Waals surface area contributed by atoms with Crippen molar-refractivity contribution in [3.8, 4) is 0 Å². The number of likely N-dealkylation sites (tertiary alicyclic amines) is 1. The highest BCUT2D eigenvalue weighted by molar-refractivity contribution is 5.79.